The van der Waals surface area contributed by atoms with Gasteiger partial charge in [0, 0.05) is 36.9 Å². The first-order chi connectivity index (χ1) is 12.1. The Balaban J connectivity index is 1.74. The van der Waals surface area contributed by atoms with Gasteiger partial charge in [-0.1, -0.05) is 6.92 Å². The fourth-order valence-corrected chi connectivity index (χ4v) is 4.13. The smallest absolute Gasteiger partial charge is 0.194 e. The van der Waals surface area contributed by atoms with Crippen LogP contribution in [-0.2, 0) is 6.54 Å². The van der Waals surface area contributed by atoms with E-state index in [1.807, 2.05) is 12.5 Å². The molecule has 2 aromatic heterocycles. The van der Waals surface area contributed by atoms with E-state index in [-0.39, 0.29) is 0 Å². The van der Waals surface area contributed by atoms with Gasteiger partial charge in [-0.3, -0.25) is 0 Å². The average molecular weight is 361 g/mol. The van der Waals surface area contributed by atoms with E-state index in [1.165, 1.54) is 4.88 Å². The zero-order chi connectivity index (χ0) is 17.8. The lowest BCUT2D eigenvalue weighted by Gasteiger charge is -2.39. The molecular weight excluding hydrogens is 332 g/mol. The van der Waals surface area contributed by atoms with Crippen molar-refractivity contribution in [3.63, 3.8) is 0 Å². The summed E-state index contributed by atoms with van der Waals surface area (Å²) in [5.74, 6) is 1.63. The highest BCUT2D eigenvalue weighted by molar-refractivity contribution is 7.11. The largest absolute Gasteiger partial charge is 0.357 e. The Hall–Kier alpha value is -1.89. The molecule has 0 aromatic carbocycles. The first kappa shape index (κ1) is 17.9. The van der Waals surface area contributed by atoms with Crippen LogP contribution < -0.4 is 5.32 Å². The summed E-state index contributed by atoms with van der Waals surface area (Å²) in [7, 11) is 0. The van der Waals surface area contributed by atoms with Crippen molar-refractivity contribution in [2.75, 3.05) is 19.6 Å². The summed E-state index contributed by atoms with van der Waals surface area (Å²) in [6.45, 7) is 12.1. The number of guanidine groups is 1. The summed E-state index contributed by atoms with van der Waals surface area (Å²) in [5, 5.41) is 4.54. The molecule has 3 heterocycles. The molecule has 0 saturated carbocycles. The van der Waals surface area contributed by atoms with Gasteiger partial charge in [0.2, 0.25) is 0 Å². The van der Waals surface area contributed by atoms with E-state index >= 15 is 0 Å². The van der Waals surface area contributed by atoms with Gasteiger partial charge in [0.1, 0.15) is 5.01 Å². The number of piperidine rings is 1. The van der Waals surface area contributed by atoms with Crippen molar-refractivity contribution in [3.8, 4) is 0 Å². The first-order valence-corrected chi connectivity index (χ1v) is 9.83. The van der Waals surface area contributed by atoms with Crippen LogP contribution in [0.3, 0.4) is 0 Å². The summed E-state index contributed by atoms with van der Waals surface area (Å²) in [5.41, 5.74) is 1.12. The number of aryl methyl sites for hydroxylation is 2. The van der Waals surface area contributed by atoms with Gasteiger partial charge in [0.05, 0.1) is 24.6 Å². The fourth-order valence-electron chi connectivity index (χ4n) is 3.27. The van der Waals surface area contributed by atoms with E-state index in [9.17, 15) is 0 Å². The van der Waals surface area contributed by atoms with Crippen LogP contribution >= 0.6 is 11.3 Å². The average Bonchev–Trinajstić information content (AvgIpc) is 3.23. The number of thiazole rings is 1. The number of nitrogens with zero attached hydrogens (tertiary/aromatic N) is 5. The molecule has 0 radical (unpaired) electrons. The second-order valence-electron chi connectivity index (χ2n) is 6.71. The van der Waals surface area contributed by atoms with Gasteiger partial charge >= 0.3 is 0 Å². The molecule has 0 bridgehead atoms. The Labute approximate surface area is 154 Å². The molecule has 1 aliphatic rings. The minimum absolute atomic E-state index is 0.435. The number of aromatic nitrogens is 3. The molecule has 25 heavy (non-hydrogen) atoms. The maximum absolute atomic E-state index is 4.86. The van der Waals surface area contributed by atoms with Gasteiger partial charge in [-0.15, -0.1) is 11.3 Å². The highest BCUT2D eigenvalue weighted by Crippen LogP contribution is 2.27. The summed E-state index contributed by atoms with van der Waals surface area (Å²) < 4.78 is 2.23. The molecule has 1 fully saturated rings. The summed E-state index contributed by atoms with van der Waals surface area (Å²) >= 11 is 1.74. The molecular formula is C18H28N6S. The molecule has 2 aromatic rings. The predicted octanol–water partition coefficient (Wildman–Crippen LogP) is 3.01. The van der Waals surface area contributed by atoms with E-state index in [0.29, 0.717) is 18.5 Å². The van der Waals surface area contributed by atoms with Crippen molar-refractivity contribution < 1.29 is 0 Å². The molecule has 1 aliphatic heterocycles. The number of likely N-dealkylation sites (tertiary alicyclic amines) is 1. The maximum Gasteiger partial charge on any atom is 0.194 e. The van der Waals surface area contributed by atoms with Crippen LogP contribution in [0.1, 0.15) is 41.9 Å². The number of nitrogens with one attached hydrogen (secondary N) is 1. The molecule has 0 aliphatic carbocycles. The van der Waals surface area contributed by atoms with Crippen LogP contribution in [0.25, 0.3) is 0 Å². The third kappa shape index (κ3) is 4.21. The van der Waals surface area contributed by atoms with Gasteiger partial charge in [-0.05, 0) is 33.1 Å². The van der Waals surface area contributed by atoms with Crippen molar-refractivity contribution in [2.45, 2.75) is 46.7 Å². The minimum atomic E-state index is 0.435. The van der Waals surface area contributed by atoms with E-state index in [4.69, 9.17) is 4.99 Å². The second-order valence-corrected chi connectivity index (χ2v) is 8.00. The first-order valence-electron chi connectivity index (χ1n) is 9.02. The molecule has 2 unspecified atom stereocenters. The van der Waals surface area contributed by atoms with E-state index < -0.39 is 0 Å². The Morgan fingerprint density at radius 3 is 2.92 bits per heavy atom. The monoisotopic (exact) mass is 360 g/mol. The number of aliphatic imine (C=N–C) groups is 1. The molecule has 1 saturated heterocycles. The van der Waals surface area contributed by atoms with Gasteiger partial charge in [-0.25, -0.2) is 15.0 Å². The van der Waals surface area contributed by atoms with Crippen LogP contribution in [0.15, 0.2) is 23.7 Å². The lowest BCUT2D eigenvalue weighted by Crippen LogP contribution is -2.49. The number of imidazole rings is 1. The SMILES string of the molecule is CCNC(=NCc1nc(C)c(C)s1)N1CCC(C)C(n2ccnc2)C1. The van der Waals surface area contributed by atoms with Crippen LogP contribution in [0.4, 0.5) is 0 Å². The Bertz CT molecular complexity index is 686. The topological polar surface area (TPSA) is 58.3 Å². The van der Waals surface area contributed by atoms with Gasteiger partial charge in [0.15, 0.2) is 5.96 Å². The number of hydrogen-bond acceptors (Lipinski definition) is 4. The normalized spacial score (nSPS) is 21.6. The van der Waals surface area contributed by atoms with E-state index in [1.54, 1.807) is 11.3 Å². The molecule has 0 amide bonds. The second kappa shape index (κ2) is 7.99. The number of rotatable bonds is 4. The Morgan fingerprint density at radius 1 is 1.44 bits per heavy atom. The third-order valence-corrected chi connectivity index (χ3v) is 5.96. The fraction of sp³-hybridized carbons (Fsp3) is 0.611. The van der Waals surface area contributed by atoms with E-state index in [0.717, 1.165) is 42.7 Å². The molecule has 1 N–H and O–H groups in total. The summed E-state index contributed by atoms with van der Waals surface area (Å²) in [4.78, 5) is 17.3. The van der Waals surface area contributed by atoms with Gasteiger partial charge in [-0.2, -0.15) is 0 Å². The Kier molecular flexibility index (Phi) is 5.73. The summed E-state index contributed by atoms with van der Waals surface area (Å²) in [6, 6.07) is 0.435. The van der Waals surface area contributed by atoms with Gasteiger partial charge in [0.25, 0.3) is 0 Å². The van der Waals surface area contributed by atoms with Crippen molar-refractivity contribution in [1.82, 2.24) is 24.8 Å². The maximum atomic E-state index is 4.86. The van der Waals surface area contributed by atoms with Crippen LogP contribution in [0.5, 0.6) is 0 Å². The van der Waals surface area contributed by atoms with Crippen molar-refractivity contribution in [2.24, 2.45) is 10.9 Å². The molecule has 6 nitrogen and oxygen atoms in total. The molecule has 7 heteroatoms. The zero-order valence-electron chi connectivity index (χ0n) is 15.6. The lowest BCUT2D eigenvalue weighted by molar-refractivity contribution is 0.189. The summed E-state index contributed by atoms with van der Waals surface area (Å²) in [6.07, 6.45) is 7.01. The standard InChI is InChI=1S/C18H28N6S/c1-5-20-18(21-10-17-22-14(3)15(4)25-17)23-8-6-13(2)16(11-23)24-9-7-19-12-24/h7,9,12-13,16H,5-6,8,10-11H2,1-4H3,(H,20,21). The highest BCUT2D eigenvalue weighted by atomic mass is 32.1. The molecule has 2 atom stereocenters. The third-order valence-electron chi connectivity index (χ3n) is 4.90. The van der Waals surface area contributed by atoms with Crippen LogP contribution in [-0.4, -0.2) is 45.0 Å². The van der Waals surface area contributed by atoms with Gasteiger partial charge < -0.3 is 14.8 Å². The molecule has 136 valence electrons. The predicted molar refractivity (Wildman–Crippen MR) is 103 cm³/mol. The van der Waals surface area contributed by atoms with Crippen LogP contribution in [0.2, 0.25) is 0 Å². The highest BCUT2D eigenvalue weighted by Gasteiger charge is 2.28. The van der Waals surface area contributed by atoms with Crippen molar-refractivity contribution in [3.05, 3.63) is 34.3 Å². The molecule has 3 rings (SSSR count). The van der Waals surface area contributed by atoms with Crippen LogP contribution in [0, 0.1) is 19.8 Å². The van der Waals surface area contributed by atoms with Crippen molar-refractivity contribution in [1.29, 1.82) is 0 Å². The number of hydrogen-bond donors (Lipinski definition) is 1. The lowest BCUT2D eigenvalue weighted by atomic mass is 9.93. The van der Waals surface area contributed by atoms with E-state index in [2.05, 4.69) is 58.6 Å². The zero-order valence-corrected chi connectivity index (χ0v) is 16.4. The molecule has 0 spiro atoms. The Morgan fingerprint density at radius 2 is 2.28 bits per heavy atom. The minimum Gasteiger partial charge on any atom is -0.357 e. The quantitative estimate of drug-likeness (QED) is 0.673. The van der Waals surface area contributed by atoms with Crippen molar-refractivity contribution >= 4 is 17.3 Å².